The van der Waals surface area contributed by atoms with E-state index in [9.17, 15) is 9.59 Å². The number of hydrogen-bond acceptors (Lipinski definition) is 2. The molecule has 0 aromatic carbocycles. The second-order valence-corrected chi connectivity index (χ2v) is 4.14. The van der Waals surface area contributed by atoms with Gasteiger partial charge in [0.05, 0.1) is 0 Å². The van der Waals surface area contributed by atoms with Gasteiger partial charge in [0.15, 0.2) is 0 Å². The monoisotopic (exact) mass is 370 g/mol. The molecule has 0 saturated heterocycles. The molecule has 0 aliphatic rings. The molecular weight excluding hydrogens is 360 g/mol. The maximum atomic E-state index is 11.2. The second-order valence-electron chi connectivity index (χ2n) is 4.14. The number of nitrogens with one attached hydrogen (secondary N) is 1. The molecule has 0 aromatic rings. The van der Waals surface area contributed by atoms with Gasteiger partial charge in [0.25, 0.3) is 0 Å². The van der Waals surface area contributed by atoms with Gasteiger partial charge in [-0.1, -0.05) is 5.92 Å². The third kappa shape index (κ3) is 20.5. The van der Waals surface area contributed by atoms with Crippen molar-refractivity contribution in [2.45, 2.75) is 19.8 Å². The number of primary amides is 1. The number of amides is 2. The summed E-state index contributed by atoms with van der Waals surface area (Å²) >= 11 is 0. The summed E-state index contributed by atoms with van der Waals surface area (Å²) < 4.78 is 0. The van der Waals surface area contributed by atoms with E-state index in [0.29, 0.717) is 0 Å². The van der Waals surface area contributed by atoms with Crippen molar-refractivity contribution in [3.8, 4) is 119 Å². The van der Waals surface area contributed by atoms with E-state index in [1.54, 1.807) is 6.92 Å². The van der Waals surface area contributed by atoms with Crippen LogP contribution in [0.25, 0.3) is 0 Å². The lowest BCUT2D eigenvalue weighted by molar-refractivity contribution is -0.124. The Kier molecular flexibility index (Phi) is 15.3. The van der Waals surface area contributed by atoms with E-state index in [2.05, 4.69) is 124 Å². The Bertz CT molecular complexity index is 1280. The van der Waals surface area contributed by atoms with E-state index < -0.39 is 11.8 Å². The van der Waals surface area contributed by atoms with Gasteiger partial charge in [0, 0.05) is 78.1 Å². The molecule has 3 N–H and O–H groups in total. The molecule has 29 heavy (non-hydrogen) atoms. The first-order valence-corrected chi connectivity index (χ1v) is 7.65. The van der Waals surface area contributed by atoms with Crippen LogP contribution < -0.4 is 11.1 Å². The lowest BCUT2D eigenvalue weighted by atomic mass is 10.3. The molecule has 132 valence electrons. The highest BCUT2D eigenvalue weighted by Gasteiger charge is 2.00. The van der Waals surface area contributed by atoms with E-state index in [1.165, 1.54) is 0 Å². The van der Waals surface area contributed by atoms with Crippen LogP contribution in [0.1, 0.15) is 19.8 Å². The minimum atomic E-state index is -0.555. The van der Waals surface area contributed by atoms with Crippen LogP contribution in [0.2, 0.25) is 0 Å². The summed E-state index contributed by atoms with van der Waals surface area (Å²) in [6, 6.07) is 2.32. The van der Waals surface area contributed by atoms with Gasteiger partial charge in [-0.2, -0.15) is 0 Å². The number of carbonyl (C=O) groups is 2. The normalized spacial score (nSPS) is 5.41. The summed E-state index contributed by atoms with van der Waals surface area (Å²) in [5.41, 5.74) is 4.91. The summed E-state index contributed by atoms with van der Waals surface area (Å²) in [5, 5.41) is 2.25. The highest BCUT2D eigenvalue weighted by Crippen LogP contribution is 1.85. The van der Waals surface area contributed by atoms with Crippen LogP contribution >= 0.6 is 0 Å². The quantitative estimate of drug-likeness (QED) is 0.514. The highest BCUT2D eigenvalue weighted by molar-refractivity contribution is 5.83. The first-order valence-electron chi connectivity index (χ1n) is 7.65. The SMILES string of the molecule is CC#CC#CC#CC#CC#CC#CC#CC#CC#CC#CNC(=O)CCC(N)=O. The van der Waals surface area contributed by atoms with Gasteiger partial charge in [-0.15, -0.1) is 0 Å². The maximum Gasteiger partial charge on any atom is 0.231 e. The zero-order valence-corrected chi connectivity index (χ0v) is 15.3. The molecule has 0 aliphatic carbocycles. The zero-order chi connectivity index (χ0) is 21.4. The van der Waals surface area contributed by atoms with Crippen LogP contribution in [0.15, 0.2) is 0 Å². The predicted octanol–water partition coefficient (Wildman–Crippen LogP) is -0.621. The second kappa shape index (κ2) is 18.9. The summed E-state index contributed by atoms with van der Waals surface area (Å²) in [5.74, 6) is 46.1. The Hall–Kier alpha value is -5.46. The first kappa shape index (κ1) is 23.5. The van der Waals surface area contributed by atoms with Crippen molar-refractivity contribution in [2.24, 2.45) is 5.73 Å². The van der Waals surface area contributed by atoms with Crippen LogP contribution in [0.4, 0.5) is 0 Å². The molecule has 0 atom stereocenters. The Labute approximate surface area is 171 Å². The third-order valence-electron chi connectivity index (χ3n) is 2.05. The molecule has 0 bridgehead atoms. The summed E-state index contributed by atoms with van der Waals surface area (Å²) in [6.45, 7) is 1.68. The lowest BCUT2D eigenvalue weighted by Gasteiger charge is -1.93. The standard InChI is InChI=1S/C25H10N2O2/c1-2-3-4-5-6-7-8-9-10-11-12-13-14-15-16-17-18-19-20-23-27-25(29)22-21-24(26)28/h21-22H2,1H3,(H2,26,28)(H,27,29). The minimum absolute atomic E-state index is 0.0246. The smallest absolute Gasteiger partial charge is 0.231 e. The number of rotatable bonds is 3. The molecule has 0 aromatic heterocycles. The van der Waals surface area contributed by atoms with Gasteiger partial charge in [0.2, 0.25) is 11.8 Å². The molecule has 0 aliphatic heterocycles. The molecular formula is C25H10N2O2. The predicted molar refractivity (Wildman–Crippen MR) is 110 cm³/mol. The van der Waals surface area contributed by atoms with Crippen LogP contribution in [0.3, 0.4) is 0 Å². The molecule has 0 unspecified atom stereocenters. The van der Waals surface area contributed by atoms with Gasteiger partial charge < -0.3 is 5.73 Å². The summed E-state index contributed by atoms with van der Waals surface area (Å²) in [6.07, 6.45) is -0.0612. The van der Waals surface area contributed by atoms with Gasteiger partial charge in [-0.3, -0.25) is 14.9 Å². The van der Waals surface area contributed by atoms with Gasteiger partial charge in [-0.25, -0.2) is 0 Å². The Morgan fingerprint density at radius 1 is 0.586 bits per heavy atom. The van der Waals surface area contributed by atoms with Gasteiger partial charge in [0.1, 0.15) is 0 Å². The van der Waals surface area contributed by atoms with Gasteiger partial charge in [-0.05, 0) is 54.3 Å². The average molecular weight is 370 g/mol. The van der Waals surface area contributed by atoms with Crippen LogP contribution in [-0.2, 0) is 9.59 Å². The topological polar surface area (TPSA) is 72.2 Å². The summed E-state index contributed by atoms with van der Waals surface area (Å²) in [7, 11) is 0. The van der Waals surface area contributed by atoms with Crippen molar-refractivity contribution in [3.05, 3.63) is 0 Å². The number of nitrogens with two attached hydrogens (primary N) is 1. The van der Waals surface area contributed by atoms with Crippen LogP contribution in [0, 0.1) is 119 Å². The molecule has 0 rings (SSSR count). The van der Waals surface area contributed by atoms with E-state index in [1.807, 2.05) is 0 Å². The van der Waals surface area contributed by atoms with E-state index >= 15 is 0 Å². The fourth-order valence-electron chi connectivity index (χ4n) is 0.994. The van der Waals surface area contributed by atoms with Crippen LogP contribution in [0.5, 0.6) is 0 Å². The van der Waals surface area contributed by atoms with Crippen molar-refractivity contribution in [3.63, 3.8) is 0 Å². The largest absolute Gasteiger partial charge is 0.370 e. The maximum absolute atomic E-state index is 11.2. The molecule has 0 fully saturated rings. The van der Waals surface area contributed by atoms with E-state index in [-0.39, 0.29) is 12.8 Å². The molecule has 4 nitrogen and oxygen atoms in total. The number of carbonyl (C=O) groups excluding carboxylic acids is 2. The molecule has 2 amide bonds. The average Bonchev–Trinajstić information content (AvgIpc) is 2.70. The fraction of sp³-hybridized carbons (Fsp3) is 0.120. The third-order valence-corrected chi connectivity index (χ3v) is 2.05. The minimum Gasteiger partial charge on any atom is -0.370 e. The molecule has 0 radical (unpaired) electrons. The van der Waals surface area contributed by atoms with Gasteiger partial charge >= 0.3 is 0 Å². The molecule has 0 saturated carbocycles. The Morgan fingerprint density at radius 3 is 1.28 bits per heavy atom. The fourth-order valence-corrected chi connectivity index (χ4v) is 0.994. The lowest BCUT2D eigenvalue weighted by Crippen LogP contribution is -2.20. The zero-order valence-electron chi connectivity index (χ0n) is 15.3. The van der Waals surface area contributed by atoms with E-state index in [0.717, 1.165) is 0 Å². The highest BCUT2D eigenvalue weighted by atomic mass is 16.2. The molecule has 0 spiro atoms. The molecule has 0 heterocycles. The first-order chi connectivity index (χ1) is 14.2. The summed E-state index contributed by atoms with van der Waals surface area (Å²) in [4.78, 5) is 21.7. The van der Waals surface area contributed by atoms with Crippen LogP contribution in [-0.4, -0.2) is 11.8 Å². The van der Waals surface area contributed by atoms with Crippen molar-refractivity contribution in [1.29, 1.82) is 0 Å². The number of hydrogen-bond donors (Lipinski definition) is 2. The van der Waals surface area contributed by atoms with Crippen molar-refractivity contribution < 1.29 is 9.59 Å². The van der Waals surface area contributed by atoms with E-state index in [4.69, 9.17) is 5.73 Å². The van der Waals surface area contributed by atoms with Crippen molar-refractivity contribution >= 4 is 11.8 Å². The van der Waals surface area contributed by atoms with Crippen molar-refractivity contribution in [2.75, 3.05) is 0 Å². The Balaban J connectivity index is 4.33. The molecule has 4 heteroatoms. The van der Waals surface area contributed by atoms with Crippen molar-refractivity contribution in [1.82, 2.24) is 5.32 Å². The Morgan fingerprint density at radius 2 is 0.931 bits per heavy atom.